The van der Waals surface area contributed by atoms with Crippen molar-refractivity contribution in [2.24, 2.45) is 5.92 Å². The van der Waals surface area contributed by atoms with Gasteiger partial charge in [0.15, 0.2) is 5.65 Å². The molecule has 80 valence electrons. The number of aromatic nitrogens is 3. The average Bonchev–Trinajstić information content (AvgIpc) is 2.65. The van der Waals surface area contributed by atoms with E-state index in [2.05, 4.69) is 16.3 Å². The molecule has 2 heterocycles. The van der Waals surface area contributed by atoms with Gasteiger partial charge in [-0.15, -0.1) is 10.2 Å². The molecule has 4 heteroatoms. The maximum Gasteiger partial charge on any atom is 0.160 e. The van der Waals surface area contributed by atoms with E-state index in [0.29, 0.717) is 5.56 Å². The first-order chi connectivity index (χ1) is 7.86. The molecule has 0 spiro atoms. The molecule has 0 amide bonds. The summed E-state index contributed by atoms with van der Waals surface area (Å²) in [7, 11) is 0. The van der Waals surface area contributed by atoms with E-state index >= 15 is 0 Å². The normalized spacial score (nSPS) is 15.9. The lowest BCUT2D eigenvalue weighted by Crippen LogP contribution is -2.15. The second-order valence-corrected chi connectivity index (χ2v) is 4.38. The van der Waals surface area contributed by atoms with E-state index in [1.165, 1.54) is 19.3 Å². The highest BCUT2D eigenvalue weighted by molar-refractivity contribution is 5.42. The van der Waals surface area contributed by atoms with Crippen LogP contribution in [-0.2, 0) is 6.42 Å². The van der Waals surface area contributed by atoms with Gasteiger partial charge in [0, 0.05) is 12.6 Å². The van der Waals surface area contributed by atoms with Crippen LogP contribution in [0.1, 0.15) is 30.7 Å². The molecule has 2 aromatic heterocycles. The minimum atomic E-state index is 0.655. The summed E-state index contributed by atoms with van der Waals surface area (Å²) in [4.78, 5) is 0. The summed E-state index contributed by atoms with van der Waals surface area (Å²) in [5.41, 5.74) is 1.48. The summed E-state index contributed by atoms with van der Waals surface area (Å²) in [5, 5.41) is 17.2. The average molecular weight is 212 g/mol. The van der Waals surface area contributed by atoms with Crippen molar-refractivity contribution in [1.29, 1.82) is 5.26 Å². The smallest absolute Gasteiger partial charge is 0.160 e. The van der Waals surface area contributed by atoms with E-state index in [-0.39, 0.29) is 0 Å². The van der Waals surface area contributed by atoms with Gasteiger partial charge < -0.3 is 0 Å². The first kappa shape index (κ1) is 9.34. The second kappa shape index (κ2) is 3.60. The molecule has 1 aliphatic carbocycles. The second-order valence-electron chi connectivity index (χ2n) is 4.38. The molecule has 0 saturated heterocycles. The van der Waals surface area contributed by atoms with Crippen LogP contribution >= 0.6 is 0 Å². The molecule has 0 N–H and O–H groups in total. The Morgan fingerprint density at radius 2 is 2.25 bits per heavy atom. The predicted octanol–water partition coefficient (Wildman–Crippen LogP) is 1.94. The third-order valence-electron chi connectivity index (χ3n) is 3.30. The number of fused-ring (bicyclic) bond motifs is 1. The van der Waals surface area contributed by atoms with Crippen molar-refractivity contribution in [2.45, 2.75) is 25.7 Å². The van der Waals surface area contributed by atoms with E-state index in [1.807, 2.05) is 16.7 Å². The van der Waals surface area contributed by atoms with Gasteiger partial charge in [0.1, 0.15) is 11.9 Å². The number of pyridine rings is 1. The summed E-state index contributed by atoms with van der Waals surface area (Å²) >= 11 is 0. The highest BCUT2D eigenvalue weighted by Gasteiger charge is 2.20. The third-order valence-corrected chi connectivity index (χ3v) is 3.30. The van der Waals surface area contributed by atoms with Crippen molar-refractivity contribution in [2.75, 3.05) is 0 Å². The minimum Gasteiger partial charge on any atom is -0.285 e. The van der Waals surface area contributed by atoms with Gasteiger partial charge >= 0.3 is 0 Å². The van der Waals surface area contributed by atoms with Crippen molar-refractivity contribution in [3.05, 3.63) is 29.7 Å². The molecule has 0 atom stereocenters. The standard InChI is InChI=1S/C12H12N4/c13-7-10-4-5-11-14-15-12(16(11)8-10)6-9-2-1-3-9/h4-5,8-9H,1-3,6H2. The molecule has 0 aromatic carbocycles. The Bertz CT molecular complexity index is 560. The molecule has 0 radical (unpaired) electrons. The maximum atomic E-state index is 8.86. The fourth-order valence-electron chi connectivity index (χ4n) is 2.10. The highest BCUT2D eigenvalue weighted by Crippen LogP contribution is 2.29. The van der Waals surface area contributed by atoms with Crippen molar-refractivity contribution >= 4 is 5.65 Å². The Labute approximate surface area is 93.5 Å². The van der Waals surface area contributed by atoms with E-state index in [4.69, 9.17) is 5.26 Å². The molecule has 3 rings (SSSR count). The number of hydrogen-bond donors (Lipinski definition) is 0. The van der Waals surface area contributed by atoms with Gasteiger partial charge in [-0.2, -0.15) is 5.26 Å². The Morgan fingerprint density at radius 1 is 1.38 bits per heavy atom. The summed E-state index contributed by atoms with van der Waals surface area (Å²) in [5.74, 6) is 1.75. The van der Waals surface area contributed by atoms with Crippen LogP contribution in [0.25, 0.3) is 5.65 Å². The quantitative estimate of drug-likeness (QED) is 0.764. The SMILES string of the molecule is N#Cc1ccc2nnc(CC3CCC3)n2c1. The van der Waals surface area contributed by atoms with Crippen molar-refractivity contribution in [3.63, 3.8) is 0 Å². The van der Waals surface area contributed by atoms with Gasteiger partial charge in [-0.25, -0.2) is 0 Å². The lowest BCUT2D eigenvalue weighted by atomic mass is 9.83. The van der Waals surface area contributed by atoms with Crippen LogP contribution in [0.5, 0.6) is 0 Å². The number of nitriles is 1. The largest absolute Gasteiger partial charge is 0.285 e. The van der Waals surface area contributed by atoms with Crippen LogP contribution in [0.2, 0.25) is 0 Å². The molecular formula is C12H12N4. The molecule has 0 aliphatic heterocycles. The van der Waals surface area contributed by atoms with E-state index < -0.39 is 0 Å². The van der Waals surface area contributed by atoms with Crippen LogP contribution in [0.3, 0.4) is 0 Å². The third kappa shape index (κ3) is 1.45. The van der Waals surface area contributed by atoms with Gasteiger partial charge in [-0.1, -0.05) is 19.3 Å². The zero-order valence-corrected chi connectivity index (χ0v) is 8.93. The number of rotatable bonds is 2. The van der Waals surface area contributed by atoms with Gasteiger partial charge in [-0.05, 0) is 18.1 Å². The first-order valence-electron chi connectivity index (χ1n) is 5.60. The summed E-state index contributed by atoms with van der Waals surface area (Å²) in [6.07, 6.45) is 6.74. The highest BCUT2D eigenvalue weighted by atomic mass is 15.2. The summed E-state index contributed by atoms with van der Waals surface area (Å²) in [6, 6.07) is 5.76. The van der Waals surface area contributed by atoms with Crippen LogP contribution in [0.4, 0.5) is 0 Å². The van der Waals surface area contributed by atoms with E-state index in [1.54, 1.807) is 6.07 Å². The fourth-order valence-corrected chi connectivity index (χ4v) is 2.10. The molecular weight excluding hydrogens is 200 g/mol. The first-order valence-corrected chi connectivity index (χ1v) is 5.60. The van der Waals surface area contributed by atoms with Gasteiger partial charge in [0.25, 0.3) is 0 Å². The van der Waals surface area contributed by atoms with Gasteiger partial charge in [0.05, 0.1) is 5.56 Å². The zero-order valence-electron chi connectivity index (χ0n) is 8.93. The number of nitrogens with zero attached hydrogens (tertiary/aromatic N) is 4. The maximum absolute atomic E-state index is 8.86. The van der Waals surface area contributed by atoms with Crippen LogP contribution in [0.15, 0.2) is 18.3 Å². The lowest BCUT2D eigenvalue weighted by Gasteiger charge is -2.24. The molecule has 1 fully saturated rings. The predicted molar refractivity (Wildman–Crippen MR) is 58.7 cm³/mol. The van der Waals surface area contributed by atoms with E-state index in [9.17, 15) is 0 Å². The van der Waals surface area contributed by atoms with Crippen LogP contribution in [0, 0.1) is 17.2 Å². The van der Waals surface area contributed by atoms with Crippen molar-refractivity contribution in [1.82, 2.24) is 14.6 Å². The molecule has 0 unspecified atom stereocenters. The molecule has 2 aromatic rings. The van der Waals surface area contributed by atoms with Crippen LogP contribution < -0.4 is 0 Å². The van der Waals surface area contributed by atoms with Crippen molar-refractivity contribution < 1.29 is 0 Å². The van der Waals surface area contributed by atoms with Crippen molar-refractivity contribution in [3.8, 4) is 6.07 Å². The molecule has 4 nitrogen and oxygen atoms in total. The Kier molecular flexibility index (Phi) is 2.10. The molecule has 0 bridgehead atoms. The Balaban J connectivity index is 2.00. The zero-order chi connectivity index (χ0) is 11.0. The Morgan fingerprint density at radius 3 is 2.94 bits per heavy atom. The lowest BCUT2D eigenvalue weighted by molar-refractivity contribution is 0.308. The molecule has 1 aliphatic rings. The summed E-state index contributed by atoms with van der Waals surface area (Å²) < 4.78 is 1.94. The van der Waals surface area contributed by atoms with E-state index in [0.717, 1.165) is 23.8 Å². The Hall–Kier alpha value is -1.89. The molecule has 1 saturated carbocycles. The van der Waals surface area contributed by atoms with Crippen LogP contribution in [-0.4, -0.2) is 14.6 Å². The summed E-state index contributed by atoms with van der Waals surface area (Å²) in [6.45, 7) is 0. The molecule has 16 heavy (non-hydrogen) atoms. The fraction of sp³-hybridized carbons (Fsp3) is 0.417. The van der Waals surface area contributed by atoms with Gasteiger partial charge in [0.2, 0.25) is 0 Å². The number of hydrogen-bond acceptors (Lipinski definition) is 3. The minimum absolute atomic E-state index is 0.655. The monoisotopic (exact) mass is 212 g/mol. The topological polar surface area (TPSA) is 54.0 Å². The van der Waals surface area contributed by atoms with Gasteiger partial charge in [-0.3, -0.25) is 4.40 Å².